The van der Waals surface area contributed by atoms with E-state index in [-0.39, 0.29) is 5.56 Å². The van der Waals surface area contributed by atoms with Crippen molar-refractivity contribution in [3.63, 3.8) is 0 Å². The minimum Gasteiger partial charge on any atom is -0.478 e. The highest BCUT2D eigenvalue weighted by molar-refractivity contribution is 5.87. The molecule has 0 atom stereocenters. The Bertz CT molecular complexity index is 630. The normalized spacial score (nSPS) is 14.4. The van der Waals surface area contributed by atoms with Crippen LogP contribution in [0.25, 0.3) is 0 Å². The largest absolute Gasteiger partial charge is 0.478 e. The first-order chi connectivity index (χ1) is 10.2. The van der Waals surface area contributed by atoms with E-state index in [0.717, 1.165) is 18.8 Å². The Morgan fingerprint density at radius 1 is 1.29 bits per heavy atom. The van der Waals surface area contributed by atoms with Crippen LogP contribution in [-0.2, 0) is 6.54 Å². The lowest BCUT2D eigenvalue weighted by Crippen LogP contribution is -2.19. The molecule has 1 fully saturated rings. The number of carboxylic acid groups (broad SMARTS) is 1. The number of rotatable bonds is 5. The number of aromatic carboxylic acids is 1. The number of nitrogens with zero attached hydrogens (tertiary/aromatic N) is 1. The molecule has 1 aliphatic rings. The first-order valence-corrected chi connectivity index (χ1v) is 7.12. The third-order valence-corrected chi connectivity index (χ3v) is 3.70. The summed E-state index contributed by atoms with van der Waals surface area (Å²) in [6.45, 7) is 2.64. The van der Waals surface area contributed by atoms with E-state index in [4.69, 9.17) is 9.52 Å². The molecule has 1 aromatic heterocycles. The Kier molecular flexibility index (Phi) is 3.81. The Morgan fingerprint density at radius 2 is 2.05 bits per heavy atom. The lowest BCUT2D eigenvalue weighted by Gasteiger charge is -2.21. The Hall–Kier alpha value is -2.43. The van der Waals surface area contributed by atoms with Gasteiger partial charge in [0, 0.05) is 13.1 Å². The maximum Gasteiger partial charge on any atom is 0.338 e. The number of hydrogen-bond donors (Lipinski definition) is 2. The average Bonchev–Trinajstić information content (AvgIpc) is 3.17. The topological polar surface area (TPSA) is 65.7 Å². The predicted octanol–water partition coefficient (Wildman–Crippen LogP) is 3.19. The van der Waals surface area contributed by atoms with E-state index in [1.165, 1.54) is 24.8 Å². The summed E-state index contributed by atoms with van der Waals surface area (Å²) in [6.07, 6.45) is 3.73. The van der Waals surface area contributed by atoms with E-state index in [2.05, 4.69) is 16.3 Å². The van der Waals surface area contributed by atoms with Crippen molar-refractivity contribution in [3.8, 4) is 0 Å². The molecule has 3 rings (SSSR count). The monoisotopic (exact) mass is 286 g/mol. The average molecular weight is 286 g/mol. The Balaban J connectivity index is 1.71. The Labute approximate surface area is 123 Å². The molecule has 21 heavy (non-hydrogen) atoms. The molecule has 2 N–H and O–H groups in total. The summed E-state index contributed by atoms with van der Waals surface area (Å²) in [7, 11) is 0. The van der Waals surface area contributed by atoms with Crippen molar-refractivity contribution >= 4 is 17.3 Å². The minimum absolute atomic E-state index is 0.180. The summed E-state index contributed by atoms with van der Waals surface area (Å²) in [5.41, 5.74) is 2.42. The van der Waals surface area contributed by atoms with Gasteiger partial charge in [0.05, 0.1) is 23.5 Å². The number of benzene rings is 1. The van der Waals surface area contributed by atoms with Crippen molar-refractivity contribution in [3.05, 3.63) is 47.9 Å². The summed E-state index contributed by atoms with van der Waals surface area (Å²) in [6, 6.07) is 9.72. The van der Waals surface area contributed by atoms with Gasteiger partial charge in [0.15, 0.2) is 0 Å². The van der Waals surface area contributed by atoms with Gasteiger partial charge >= 0.3 is 5.97 Å². The molecule has 0 bridgehead atoms. The van der Waals surface area contributed by atoms with Crippen LogP contribution in [0.5, 0.6) is 0 Å². The fourth-order valence-electron chi connectivity index (χ4n) is 2.62. The van der Waals surface area contributed by atoms with Gasteiger partial charge in [-0.3, -0.25) is 0 Å². The van der Waals surface area contributed by atoms with Crippen molar-refractivity contribution in [1.82, 2.24) is 0 Å². The van der Waals surface area contributed by atoms with Gasteiger partial charge in [-0.05, 0) is 31.0 Å². The number of furan rings is 1. The van der Waals surface area contributed by atoms with Crippen molar-refractivity contribution in [2.45, 2.75) is 19.4 Å². The highest BCUT2D eigenvalue weighted by Gasteiger charge is 2.15. The van der Waals surface area contributed by atoms with Crippen LogP contribution in [0.2, 0.25) is 0 Å². The molecule has 110 valence electrons. The molecule has 0 amide bonds. The number of para-hydroxylation sites is 2. The van der Waals surface area contributed by atoms with Crippen molar-refractivity contribution in [2.75, 3.05) is 23.3 Å². The van der Waals surface area contributed by atoms with Crippen molar-refractivity contribution in [2.24, 2.45) is 0 Å². The van der Waals surface area contributed by atoms with E-state index in [0.29, 0.717) is 12.3 Å². The number of hydrogen-bond acceptors (Lipinski definition) is 4. The molecule has 0 radical (unpaired) electrons. The third-order valence-electron chi connectivity index (χ3n) is 3.70. The smallest absolute Gasteiger partial charge is 0.338 e. The van der Waals surface area contributed by atoms with Crippen LogP contribution in [0.15, 0.2) is 41.0 Å². The maximum absolute atomic E-state index is 10.8. The summed E-state index contributed by atoms with van der Waals surface area (Å²) in [5.74, 6) is -0.355. The first-order valence-electron chi connectivity index (χ1n) is 7.12. The zero-order chi connectivity index (χ0) is 14.7. The van der Waals surface area contributed by atoms with E-state index in [1.54, 1.807) is 6.07 Å². The molecule has 1 saturated heterocycles. The highest BCUT2D eigenvalue weighted by Crippen LogP contribution is 2.29. The van der Waals surface area contributed by atoms with Crippen LogP contribution in [0.1, 0.15) is 29.0 Å². The number of carbonyl (C=O) groups is 1. The second-order valence-corrected chi connectivity index (χ2v) is 5.17. The first kappa shape index (κ1) is 13.5. The summed E-state index contributed by atoms with van der Waals surface area (Å²) in [4.78, 5) is 13.2. The van der Waals surface area contributed by atoms with Crippen molar-refractivity contribution in [1.29, 1.82) is 0 Å². The molecular weight excluding hydrogens is 268 g/mol. The summed E-state index contributed by atoms with van der Waals surface area (Å²) in [5, 5.41) is 12.2. The number of nitrogens with one attached hydrogen (secondary N) is 1. The third kappa shape index (κ3) is 3.02. The van der Waals surface area contributed by atoms with Crippen LogP contribution >= 0.6 is 0 Å². The van der Waals surface area contributed by atoms with E-state index in [9.17, 15) is 4.79 Å². The zero-order valence-electron chi connectivity index (χ0n) is 11.7. The van der Waals surface area contributed by atoms with Gasteiger partial charge in [-0.15, -0.1) is 0 Å². The van der Waals surface area contributed by atoms with Gasteiger partial charge < -0.3 is 19.7 Å². The number of carboxylic acids is 1. The van der Waals surface area contributed by atoms with E-state index < -0.39 is 5.97 Å². The number of anilines is 2. The zero-order valence-corrected chi connectivity index (χ0v) is 11.7. The fourth-order valence-corrected chi connectivity index (χ4v) is 2.62. The Morgan fingerprint density at radius 3 is 2.76 bits per heavy atom. The van der Waals surface area contributed by atoms with Crippen molar-refractivity contribution < 1.29 is 14.3 Å². The molecule has 2 heterocycles. The van der Waals surface area contributed by atoms with Gasteiger partial charge in [-0.1, -0.05) is 12.1 Å². The fraction of sp³-hybridized carbons (Fsp3) is 0.312. The van der Waals surface area contributed by atoms with E-state index in [1.807, 2.05) is 18.2 Å². The predicted molar refractivity (Wildman–Crippen MR) is 80.9 cm³/mol. The molecular formula is C16H18N2O3. The van der Waals surface area contributed by atoms with E-state index >= 15 is 0 Å². The molecule has 1 aliphatic heterocycles. The lowest BCUT2D eigenvalue weighted by molar-refractivity contribution is 0.0696. The molecule has 0 saturated carbocycles. The molecule has 2 aromatic rings. The minimum atomic E-state index is -0.970. The molecule has 0 aliphatic carbocycles. The van der Waals surface area contributed by atoms with Gasteiger partial charge in [-0.25, -0.2) is 4.79 Å². The summed E-state index contributed by atoms with van der Waals surface area (Å²) < 4.78 is 5.26. The van der Waals surface area contributed by atoms with Gasteiger partial charge in [0.2, 0.25) is 0 Å². The molecule has 5 nitrogen and oxygen atoms in total. The van der Waals surface area contributed by atoms with Crippen LogP contribution < -0.4 is 10.2 Å². The summed E-state index contributed by atoms with van der Waals surface area (Å²) >= 11 is 0. The maximum atomic E-state index is 10.8. The second kappa shape index (κ2) is 5.91. The van der Waals surface area contributed by atoms with Gasteiger partial charge in [0.25, 0.3) is 0 Å². The van der Waals surface area contributed by atoms with Crippen LogP contribution in [0, 0.1) is 0 Å². The standard InChI is InChI=1S/C16H18N2O3/c19-16(20)12-9-13(21-11-12)10-17-14-5-1-2-6-15(14)18-7-3-4-8-18/h1-2,5-6,9,11,17H,3-4,7-8,10H2,(H,19,20). The lowest BCUT2D eigenvalue weighted by atomic mass is 10.2. The highest BCUT2D eigenvalue weighted by atomic mass is 16.4. The quantitative estimate of drug-likeness (QED) is 0.883. The molecule has 5 heteroatoms. The van der Waals surface area contributed by atoms with Crippen LogP contribution in [0.4, 0.5) is 11.4 Å². The molecule has 0 unspecified atom stereocenters. The van der Waals surface area contributed by atoms with Crippen LogP contribution in [-0.4, -0.2) is 24.2 Å². The molecule has 1 aromatic carbocycles. The van der Waals surface area contributed by atoms with Gasteiger partial charge in [-0.2, -0.15) is 0 Å². The van der Waals surface area contributed by atoms with Crippen LogP contribution in [0.3, 0.4) is 0 Å². The SMILES string of the molecule is O=C(O)c1coc(CNc2ccccc2N2CCCC2)c1. The van der Waals surface area contributed by atoms with Gasteiger partial charge in [0.1, 0.15) is 12.0 Å². The second-order valence-electron chi connectivity index (χ2n) is 5.17. The molecule has 0 spiro atoms.